The number of ether oxygens (including phenoxy) is 3. The molecule has 2 atom stereocenters. The second kappa shape index (κ2) is 20.7. The molecule has 0 saturated heterocycles. The average Bonchev–Trinajstić information content (AvgIpc) is 2.78. The number of rotatable bonds is 12. The molecule has 0 saturated carbocycles. The lowest BCUT2D eigenvalue weighted by molar-refractivity contribution is -0.144. The Balaban J connectivity index is -0.000000173. The van der Waals surface area contributed by atoms with Gasteiger partial charge in [0.25, 0.3) is 10.1 Å². The number of nitrogens with one attached hydrogen (secondary N) is 1. The van der Waals surface area contributed by atoms with E-state index in [-0.39, 0.29) is 71.6 Å². The average molecular weight is 556 g/mol. The standard InChI is InChI=1S/C16H23NO7S.C6H12O2.4CH4.H2/c1-6-16(23-4,11(2)18)10-15(19)17-13-8-7-12(22-3)9-14(13)25(20,21)24-5;1-4-6(8-3)5(2)7;;;;;/h7-9H,6,10H2,1-5H3,(H,17,19);6H,4H2,1-3H3;4*1H4;1H. The molecule has 0 aliphatic rings. The van der Waals surface area contributed by atoms with Crippen molar-refractivity contribution in [1.82, 2.24) is 0 Å². The Morgan fingerprint density at radius 1 is 1.00 bits per heavy atom. The van der Waals surface area contributed by atoms with E-state index in [1.165, 1.54) is 46.3 Å². The van der Waals surface area contributed by atoms with E-state index in [2.05, 4.69) is 9.50 Å². The van der Waals surface area contributed by atoms with Gasteiger partial charge in [0.1, 0.15) is 22.4 Å². The Morgan fingerprint density at radius 3 is 1.84 bits per heavy atom. The summed E-state index contributed by atoms with van der Waals surface area (Å²) in [5.74, 6) is -0.448. The summed E-state index contributed by atoms with van der Waals surface area (Å²) in [6, 6.07) is 4.12. The molecule has 0 bridgehead atoms. The van der Waals surface area contributed by atoms with Crippen LogP contribution in [0.5, 0.6) is 5.75 Å². The van der Waals surface area contributed by atoms with Crippen molar-refractivity contribution in [3.05, 3.63) is 18.2 Å². The number of amides is 1. The van der Waals surface area contributed by atoms with Gasteiger partial charge in [-0.25, -0.2) is 0 Å². The summed E-state index contributed by atoms with van der Waals surface area (Å²) in [7, 11) is 1.24. The molecule has 1 amide bonds. The van der Waals surface area contributed by atoms with E-state index in [1.807, 2.05) is 6.92 Å². The molecule has 37 heavy (non-hydrogen) atoms. The van der Waals surface area contributed by atoms with Crippen LogP contribution < -0.4 is 10.1 Å². The Kier molecular flexibility index (Phi) is 25.0. The number of hydrogen-bond acceptors (Lipinski definition) is 9. The van der Waals surface area contributed by atoms with Gasteiger partial charge in [0.15, 0.2) is 11.6 Å². The summed E-state index contributed by atoms with van der Waals surface area (Å²) in [6.07, 6.45) is 0.646. The molecule has 0 spiro atoms. The van der Waals surface area contributed by atoms with Crippen LogP contribution in [0.2, 0.25) is 0 Å². The molecule has 11 heteroatoms. The molecule has 0 radical (unpaired) electrons. The van der Waals surface area contributed by atoms with Gasteiger partial charge in [0.2, 0.25) is 5.91 Å². The molecule has 1 aromatic rings. The molecule has 0 fully saturated rings. The zero-order valence-corrected chi connectivity index (χ0v) is 21.3. The van der Waals surface area contributed by atoms with Crippen LogP contribution in [0.4, 0.5) is 5.69 Å². The first-order valence-electron chi connectivity index (χ1n) is 10.3. The molecule has 1 rings (SSSR count). The summed E-state index contributed by atoms with van der Waals surface area (Å²) < 4.78 is 43.7. The van der Waals surface area contributed by atoms with Crippen LogP contribution in [0.15, 0.2) is 23.1 Å². The van der Waals surface area contributed by atoms with E-state index in [9.17, 15) is 22.8 Å². The molecule has 1 N–H and O–H groups in total. The van der Waals surface area contributed by atoms with Crippen molar-refractivity contribution in [1.29, 1.82) is 0 Å². The minimum atomic E-state index is -4.07. The maximum Gasteiger partial charge on any atom is 0.298 e. The fraction of sp³-hybridized carbons (Fsp3) is 0.654. The number of benzene rings is 1. The van der Waals surface area contributed by atoms with Crippen LogP contribution >= 0.6 is 0 Å². The smallest absolute Gasteiger partial charge is 0.298 e. The molecule has 1 aromatic carbocycles. The molecule has 0 aliphatic heterocycles. The Bertz CT molecular complexity index is 913. The van der Waals surface area contributed by atoms with Crippen LogP contribution in [-0.2, 0) is 38.2 Å². The minimum Gasteiger partial charge on any atom is -0.497 e. The zero-order valence-electron chi connectivity index (χ0n) is 20.5. The predicted molar refractivity (Wildman–Crippen MR) is 152 cm³/mol. The van der Waals surface area contributed by atoms with E-state index < -0.39 is 21.6 Å². The SMILES string of the molecule is C.C.C.C.CCC(CC(=O)Nc1ccc(OC)cc1S(=O)(=O)OC)(OC)C(C)=O.CCC(OC)C(C)=O.[HH]. The lowest BCUT2D eigenvalue weighted by Gasteiger charge is -2.27. The van der Waals surface area contributed by atoms with Gasteiger partial charge >= 0.3 is 0 Å². The van der Waals surface area contributed by atoms with Crippen molar-refractivity contribution in [2.24, 2.45) is 0 Å². The fourth-order valence-electron chi connectivity index (χ4n) is 2.96. The van der Waals surface area contributed by atoms with E-state index in [0.29, 0.717) is 6.42 Å². The quantitative estimate of drug-likeness (QED) is 0.330. The van der Waals surface area contributed by atoms with Crippen LogP contribution in [0.25, 0.3) is 0 Å². The molecular weight excluding hydrogens is 502 g/mol. The molecule has 222 valence electrons. The number of anilines is 1. The predicted octanol–water partition coefficient (Wildman–Crippen LogP) is 5.53. The van der Waals surface area contributed by atoms with Gasteiger partial charge < -0.3 is 19.5 Å². The normalized spacial score (nSPS) is 12.2. The summed E-state index contributed by atoms with van der Waals surface area (Å²) >= 11 is 0. The number of carbonyl (C=O) groups is 3. The molecule has 0 aromatic heterocycles. The second-order valence-corrected chi connectivity index (χ2v) is 8.74. The first-order valence-corrected chi connectivity index (χ1v) is 11.7. The van der Waals surface area contributed by atoms with Gasteiger partial charge in [0.05, 0.1) is 26.3 Å². The molecule has 0 aliphatic carbocycles. The molecule has 0 heterocycles. The maximum absolute atomic E-state index is 12.4. The fourth-order valence-corrected chi connectivity index (χ4v) is 3.79. The number of methoxy groups -OCH3 is 3. The van der Waals surface area contributed by atoms with Crippen molar-refractivity contribution in [2.45, 2.75) is 93.3 Å². The van der Waals surface area contributed by atoms with Crippen molar-refractivity contribution >= 4 is 33.3 Å². The highest BCUT2D eigenvalue weighted by atomic mass is 32.2. The first-order chi connectivity index (χ1) is 15.4. The lowest BCUT2D eigenvalue weighted by atomic mass is 9.91. The number of ketones is 2. The van der Waals surface area contributed by atoms with Crippen molar-refractivity contribution in [2.75, 3.05) is 33.8 Å². The largest absolute Gasteiger partial charge is 0.497 e. The van der Waals surface area contributed by atoms with Crippen molar-refractivity contribution in [3.8, 4) is 5.75 Å². The monoisotopic (exact) mass is 555 g/mol. The lowest BCUT2D eigenvalue weighted by Crippen LogP contribution is -2.42. The summed E-state index contributed by atoms with van der Waals surface area (Å²) in [6.45, 7) is 6.54. The maximum atomic E-state index is 12.4. The van der Waals surface area contributed by atoms with E-state index >= 15 is 0 Å². The highest BCUT2D eigenvalue weighted by Crippen LogP contribution is 2.29. The van der Waals surface area contributed by atoms with Crippen LogP contribution in [0.3, 0.4) is 0 Å². The molecule has 10 nitrogen and oxygen atoms in total. The highest BCUT2D eigenvalue weighted by Gasteiger charge is 2.36. The van der Waals surface area contributed by atoms with E-state index in [0.717, 1.165) is 13.5 Å². The third kappa shape index (κ3) is 13.1. The number of carbonyl (C=O) groups excluding carboxylic acids is 3. The van der Waals surface area contributed by atoms with Crippen LogP contribution in [-0.4, -0.2) is 66.0 Å². The number of Topliss-reactive ketones (excluding diaryl/α,β-unsaturated/α-hetero) is 2. The highest BCUT2D eigenvalue weighted by molar-refractivity contribution is 7.87. The minimum absolute atomic E-state index is 0. The third-order valence-corrected chi connectivity index (χ3v) is 6.43. The van der Waals surface area contributed by atoms with Crippen molar-refractivity contribution in [3.63, 3.8) is 0 Å². The van der Waals surface area contributed by atoms with Crippen molar-refractivity contribution < 1.29 is 42.6 Å². The third-order valence-electron chi connectivity index (χ3n) is 5.11. The first kappa shape index (κ1) is 44.6. The zero-order chi connectivity index (χ0) is 25.8. The number of hydrogen-bond donors (Lipinski definition) is 1. The van der Waals surface area contributed by atoms with Gasteiger partial charge in [-0.1, -0.05) is 43.6 Å². The Morgan fingerprint density at radius 2 is 1.54 bits per heavy atom. The van der Waals surface area contributed by atoms with E-state index in [4.69, 9.17) is 14.2 Å². The van der Waals surface area contributed by atoms with Gasteiger partial charge in [-0.15, -0.1) is 0 Å². The molecular formula is C26H53NO9S. The van der Waals surface area contributed by atoms with Crippen LogP contribution in [0, 0.1) is 0 Å². The summed E-state index contributed by atoms with van der Waals surface area (Å²) in [4.78, 5) is 34.4. The Hall–Kier alpha value is -2.34. The van der Waals surface area contributed by atoms with Gasteiger partial charge in [-0.2, -0.15) is 8.42 Å². The second-order valence-electron chi connectivity index (χ2n) is 7.06. The van der Waals surface area contributed by atoms with Gasteiger partial charge in [0, 0.05) is 21.7 Å². The summed E-state index contributed by atoms with van der Waals surface area (Å²) in [5, 5.41) is 2.50. The van der Waals surface area contributed by atoms with Crippen LogP contribution in [0.1, 0.15) is 78.1 Å². The van der Waals surface area contributed by atoms with E-state index in [1.54, 1.807) is 14.0 Å². The Labute approximate surface area is 227 Å². The summed E-state index contributed by atoms with van der Waals surface area (Å²) in [5.41, 5.74) is -1.23. The molecule has 2 unspecified atom stereocenters. The van der Waals surface area contributed by atoms with Gasteiger partial charge in [-0.05, 0) is 38.8 Å². The topological polar surface area (TPSA) is 134 Å². The van der Waals surface area contributed by atoms with Gasteiger partial charge in [-0.3, -0.25) is 18.6 Å².